The molecule has 1 saturated heterocycles. The number of carbonyl (C=O) groups excluding carboxylic acids is 1. The highest BCUT2D eigenvalue weighted by Gasteiger charge is 2.28. The molecule has 0 saturated carbocycles. The van der Waals surface area contributed by atoms with E-state index < -0.39 is 0 Å². The SMILES string of the molecule is CC(=O)NC1CCN(c2nc(NC(C)(C)C)nc3nn(Cc4ccccc4Cl)nc23)C1. The molecule has 2 aromatic heterocycles. The molecule has 0 aliphatic carbocycles. The molecular formula is C21H27ClN8O. The number of hydrogen-bond acceptors (Lipinski definition) is 7. The van der Waals surface area contributed by atoms with Crippen molar-refractivity contribution < 1.29 is 4.79 Å². The minimum Gasteiger partial charge on any atom is -0.352 e. The van der Waals surface area contributed by atoms with E-state index in [9.17, 15) is 4.79 Å². The van der Waals surface area contributed by atoms with E-state index in [4.69, 9.17) is 16.6 Å². The van der Waals surface area contributed by atoms with Gasteiger partial charge in [-0.1, -0.05) is 29.8 Å². The predicted molar refractivity (Wildman–Crippen MR) is 121 cm³/mol. The average Bonchev–Trinajstić information content (AvgIpc) is 3.27. The van der Waals surface area contributed by atoms with Crippen molar-refractivity contribution in [3.05, 3.63) is 34.9 Å². The lowest BCUT2D eigenvalue weighted by Crippen LogP contribution is -2.36. The van der Waals surface area contributed by atoms with Crippen molar-refractivity contribution in [1.82, 2.24) is 30.3 Å². The fourth-order valence-electron chi connectivity index (χ4n) is 3.66. The van der Waals surface area contributed by atoms with Gasteiger partial charge in [-0.05, 0) is 38.8 Å². The average molecular weight is 443 g/mol. The van der Waals surface area contributed by atoms with Crippen molar-refractivity contribution in [2.24, 2.45) is 0 Å². The Balaban J connectivity index is 1.71. The van der Waals surface area contributed by atoms with Crippen molar-refractivity contribution in [1.29, 1.82) is 0 Å². The molecule has 3 aromatic rings. The van der Waals surface area contributed by atoms with Gasteiger partial charge in [0.2, 0.25) is 17.5 Å². The van der Waals surface area contributed by atoms with Crippen LogP contribution in [-0.4, -0.2) is 55.5 Å². The highest BCUT2D eigenvalue weighted by Crippen LogP contribution is 2.27. The Morgan fingerprint density at radius 2 is 2.00 bits per heavy atom. The minimum atomic E-state index is -0.206. The third-order valence-electron chi connectivity index (χ3n) is 4.92. The molecule has 1 fully saturated rings. The maximum atomic E-state index is 11.5. The van der Waals surface area contributed by atoms with Gasteiger partial charge < -0.3 is 15.5 Å². The Kier molecular flexibility index (Phi) is 5.70. The molecular weight excluding hydrogens is 416 g/mol. The van der Waals surface area contributed by atoms with Crippen molar-refractivity contribution in [2.45, 2.75) is 52.2 Å². The number of amides is 1. The number of benzene rings is 1. The second-order valence-electron chi connectivity index (χ2n) is 8.87. The predicted octanol–water partition coefficient (Wildman–Crippen LogP) is 2.85. The zero-order chi connectivity index (χ0) is 22.2. The molecule has 2 N–H and O–H groups in total. The molecule has 0 radical (unpaired) electrons. The van der Waals surface area contributed by atoms with E-state index in [0.29, 0.717) is 35.2 Å². The monoisotopic (exact) mass is 442 g/mol. The van der Waals surface area contributed by atoms with Crippen LogP contribution >= 0.6 is 11.6 Å². The van der Waals surface area contributed by atoms with E-state index in [0.717, 1.165) is 24.3 Å². The van der Waals surface area contributed by atoms with E-state index in [1.54, 1.807) is 4.80 Å². The van der Waals surface area contributed by atoms with Crippen LogP contribution in [0, 0.1) is 0 Å². The number of anilines is 2. The number of carbonyl (C=O) groups is 1. The van der Waals surface area contributed by atoms with Crippen molar-refractivity contribution in [2.75, 3.05) is 23.3 Å². The zero-order valence-electron chi connectivity index (χ0n) is 18.2. The summed E-state index contributed by atoms with van der Waals surface area (Å²) in [4.78, 5) is 24.6. The number of aromatic nitrogens is 5. The quantitative estimate of drug-likeness (QED) is 0.626. The highest BCUT2D eigenvalue weighted by atomic mass is 35.5. The van der Waals surface area contributed by atoms with E-state index in [1.165, 1.54) is 6.92 Å². The molecule has 10 heteroatoms. The Bertz CT molecular complexity index is 1110. The molecule has 3 heterocycles. The summed E-state index contributed by atoms with van der Waals surface area (Å²) in [6.45, 7) is 9.57. The molecule has 1 aliphatic heterocycles. The maximum Gasteiger partial charge on any atom is 0.227 e. The van der Waals surface area contributed by atoms with E-state index in [-0.39, 0.29) is 17.5 Å². The summed E-state index contributed by atoms with van der Waals surface area (Å²) in [5.74, 6) is 1.19. The molecule has 0 bridgehead atoms. The number of rotatable bonds is 5. The van der Waals surface area contributed by atoms with Crippen LogP contribution in [0.5, 0.6) is 0 Å². The number of nitrogens with one attached hydrogen (secondary N) is 2. The molecule has 31 heavy (non-hydrogen) atoms. The molecule has 1 atom stereocenters. The fourth-order valence-corrected chi connectivity index (χ4v) is 3.85. The van der Waals surface area contributed by atoms with Crippen molar-refractivity contribution in [3.8, 4) is 0 Å². The molecule has 9 nitrogen and oxygen atoms in total. The summed E-state index contributed by atoms with van der Waals surface area (Å²) >= 11 is 6.31. The van der Waals surface area contributed by atoms with Gasteiger partial charge in [-0.3, -0.25) is 4.79 Å². The smallest absolute Gasteiger partial charge is 0.227 e. The second-order valence-corrected chi connectivity index (χ2v) is 9.28. The van der Waals surface area contributed by atoms with Crippen LogP contribution in [0.1, 0.15) is 39.7 Å². The molecule has 1 aliphatic rings. The first-order chi connectivity index (χ1) is 14.7. The van der Waals surface area contributed by atoms with Crippen molar-refractivity contribution >= 4 is 40.4 Å². The number of nitrogens with zero attached hydrogens (tertiary/aromatic N) is 6. The lowest BCUT2D eigenvalue weighted by molar-refractivity contribution is -0.119. The van der Waals surface area contributed by atoms with Crippen LogP contribution in [0.2, 0.25) is 5.02 Å². The Hall–Kier alpha value is -2.94. The standard InChI is InChI=1S/C21H27ClN8O/c1-13(31)23-15-9-10-29(12-15)19-17-18(24-20(25-19)26-21(2,3)4)28-30(27-17)11-14-7-5-6-8-16(14)22/h5-8,15H,9-12H2,1-4H3,(H,23,31)(H,24,26,28). The minimum absolute atomic E-state index is 0.0274. The van der Waals surface area contributed by atoms with Gasteiger partial charge in [-0.25, -0.2) is 0 Å². The topological polar surface area (TPSA) is 101 Å². The Morgan fingerprint density at radius 3 is 2.71 bits per heavy atom. The number of hydrogen-bond donors (Lipinski definition) is 2. The van der Waals surface area contributed by atoms with Gasteiger partial charge in [-0.2, -0.15) is 14.8 Å². The highest BCUT2D eigenvalue weighted by molar-refractivity contribution is 6.31. The Morgan fingerprint density at radius 1 is 1.23 bits per heavy atom. The molecule has 1 aromatic carbocycles. The molecule has 1 amide bonds. The first-order valence-electron chi connectivity index (χ1n) is 10.3. The lowest BCUT2D eigenvalue weighted by Gasteiger charge is -2.22. The zero-order valence-corrected chi connectivity index (χ0v) is 18.9. The van der Waals surface area contributed by atoms with E-state index in [1.807, 2.05) is 24.3 Å². The maximum absolute atomic E-state index is 11.5. The van der Waals surface area contributed by atoms with Crippen molar-refractivity contribution in [3.63, 3.8) is 0 Å². The largest absolute Gasteiger partial charge is 0.352 e. The van der Waals surface area contributed by atoms with E-state index >= 15 is 0 Å². The fraction of sp³-hybridized carbons (Fsp3) is 0.476. The van der Waals surface area contributed by atoms with Gasteiger partial charge in [-0.15, -0.1) is 10.2 Å². The van der Waals surface area contributed by atoms with Crippen LogP contribution in [0.4, 0.5) is 11.8 Å². The van der Waals surface area contributed by atoms with Gasteiger partial charge >= 0.3 is 0 Å². The van der Waals surface area contributed by atoms with Gasteiger partial charge in [0, 0.05) is 36.6 Å². The first-order valence-corrected chi connectivity index (χ1v) is 10.7. The number of halogens is 1. The Labute approximate surface area is 186 Å². The second kappa shape index (κ2) is 8.30. The van der Waals surface area contributed by atoms with Crippen LogP contribution in [-0.2, 0) is 11.3 Å². The van der Waals surface area contributed by atoms with Gasteiger partial charge in [0.1, 0.15) is 0 Å². The van der Waals surface area contributed by atoms with Crippen LogP contribution in [0.15, 0.2) is 24.3 Å². The summed E-state index contributed by atoms with van der Waals surface area (Å²) in [6, 6.07) is 7.72. The van der Waals surface area contributed by atoms with E-state index in [2.05, 4.69) is 51.5 Å². The lowest BCUT2D eigenvalue weighted by atomic mass is 10.1. The van der Waals surface area contributed by atoms with Crippen LogP contribution < -0.4 is 15.5 Å². The molecule has 164 valence electrons. The third-order valence-corrected chi connectivity index (χ3v) is 5.29. The normalized spacial score (nSPS) is 16.7. The first kappa shape index (κ1) is 21.3. The summed E-state index contributed by atoms with van der Waals surface area (Å²) < 4.78 is 0. The third kappa shape index (κ3) is 5.04. The summed E-state index contributed by atoms with van der Waals surface area (Å²) in [6.07, 6.45) is 0.848. The molecule has 1 unspecified atom stereocenters. The summed E-state index contributed by atoms with van der Waals surface area (Å²) in [5, 5.41) is 16.3. The van der Waals surface area contributed by atoms with Gasteiger partial charge in [0.25, 0.3) is 0 Å². The summed E-state index contributed by atoms with van der Waals surface area (Å²) in [7, 11) is 0. The summed E-state index contributed by atoms with van der Waals surface area (Å²) in [5.41, 5.74) is 1.88. The molecule has 4 rings (SSSR count). The molecule has 0 spiro atoms. The van der Waals surface area contributed by atoms with Crippen LogP contribution in [0.25, 0.3) is 11.2 Å². The van der Waals surface area contributed by atoms with Crippen LogP contribution in [0.3, 0.4) is 0 Å². The number of fused-ring (bicyclic) bond motifs is 1. The van der Waals surface area contributed by atoms with Gasteiger partial charge in [0.15, 0.2) is 11.3 Å². The van der Waals surface area contributed by atoms with Gasteiger partial charge in [0.05, 0.1) is 6.54 Å².